The number of alkyl halides is 1. The van der Waals surface area contributed by atoms with Gasteiger partial charge in [0.2, 0.25) is 0 Å². The number of nitro groups is 1. The van der Waals surface area contributed by atoms with Crippen LogP contribution in [0.15, 0.2) is 71.6 Å². The number of aromatic carboxylic acids is 1. The molecular formula is C25H20ClFN2O4S. The second-order valence-corrected chi connectivity index (χ2v) is 10.3. The molecule has 5 rings (SSSR count). The molecule has 3 aromatic rings. The summed E-state index contributed by atoms with van der Waals surface area (Å²) in [6, 6.07) is 17.7. The minimum atomic E-state index is -1.02. The number of hydrogen-bond acceptors (Lipinski definition) is 5. The number of nitro benzene ring substituents is 1. The first-order valence-corrected chi connectivity index (χ1v) is 12.1. The van der Waals surface area contributed by atoms with Crippen molar-refractivity contribution in [1.82, 2.24) is 0 Å². The van der Waals surface area contributed by atoms with Crippen LogP contribution in [-0.2, 0) is 0 Å². The predicted molar refractivity (Wildman–Crippen MR) is 129 cm³/mol. The molecule has 0 bridgehead atoms. The van der Waals surface area contributed by atoms with Gasteiger partial charge < -0.3 is 10.4 Å². The van der Waals surface area contributed by atoms with Gasteiger partial charge in [0.1, 0.15) is 5.82 Å². The fourth-order valence-corrected chi connectivity index (χ4v) is 7.06. The maximum Gasteiger partial charge on any atom is 0.335 e. The molecule has 1 fully saturated rings. The minimum absolute atomic E-state index is 0.00947. The fourth-order valence-electron chi connectivity index (χ4n) is 5.12. The van der Waals surface area contributed by atoms with Crippen LogP contribution in [0, 0.1) is 21.8 Å². The van der Waals surface area contributed by atoms with Gasteiger partial charge in [0.05, 0.1) is 26.8 Å². The fraction of sp³-hybridized carbons (Fsp3) is 0.240. The van der Waals surface area contributed by atoms with Crippen LogP contribution in [-0.4, -0.2) is 26.6 Å². The number of para-hydroxylation sites is 1. The summed E-state index contributed by atoms with van der Waals surface area (Å²) in [6.45, 7) is 0. The molecule has 2 aliphatic rings. The average Bonchev–Trinajstić information content (AvgIpc) is 3.15. The number of carboxylic acids is 1. The molecule has 6 nitrogen and oxygen atoms in total. The Bertz CT molecular complexity index is 1270. The lowest BCUT2D eigenvalue weighted by atomic mass is 9.77. The lowest BCUT2D eigenvalue weighted by Crippen LogP contribution is -2.31. The van der Waals surface area contributed by atoms with Gasteiger partial charge in [-0.25, -0.2) is 9.18 Å². The van der Waals surface area contributed by atoms with Gasteiger partial charge in [-0.2, -0.15) is 0 Å². The topological polar surface area (TPSA) is 92.5 Å². The third kappa shape index (κ3) is 4.01. The second-order valence-electron chi connectivity index (χ2n) is 8.53. The van der Waals surface area contributed by atoms with Crippen LogP contribution in [0.1, 0.15) is 39.9 Å². The Morgan fingerprint density at radius 3 is 2.59 bits per heavy atom. The predicted octanol–water partition coefficient (Wildman–Crippen LogP) is 6.47. The summed E-state index contributed by atoms with van der Waals surface area (Å²) >= 11 is 8.43. The van der Waals surface area contributed by atoms with Crippen molar-refractivity contribution < 1.29 is 19.2 Å². The van der Waals surface area contributed by atoms with Crippen molar-refractivity contribution >= 4 is 40.7 Å². The van der Waals surface area contributed by atoms with E-state index in [4.69, 9.17) is 11.6 Å². The van der Waals surface area contributed by atoms with Crippen molar-refractivity contribution in [1.29, 1.82) is 0 Å². The van der Waals surface area contributed by atoms with E-state index < -0.39 is 10.9 Å². The van der Waals surface area contributed by atoms with Crippen LogP contribution in [0.25, 0.3) is 0 Å². The van der Waals surface area contributed by atoms with Crippen molar-refractivity contribution in [2.75, 3.05) is 5.32 Å². The number of anilines is 1. The monoisotopic (exact) mass is 498 g/mol. The molecule has 2 N–H and O–H groups in total. The van der Waals surface area contributed by atoms with Crippen LogP contribution in [0.4, 0.5) is 15.8 Å². The Hall–Kier alpha value is -3.10. The van der Waals surface area contributed by atoms with Gasteiger partial charge in [0.15, 0.2) is 0 Å². The van der Waals surface area contributed by atoms with Gasteiger partial charge >= 0.3 is 5.97 Å². The van der Waals surface area contributed by atoms with Crippen LogP contribution >= 0.6 is 23.4 Å². The molecule has 1 saturated carbocycles. The molecule has 174 valence electrons. The highest BCUT2D eigenvalue weighted by atomic mass is 35.5. The standard InChI is InChI=1S/C25H20ClFN2O4S/c26-23-21(34-20-4-2-1-3-19(20)29(32)33)12-17-22(23)16-11-14(25(30)31)7-10-18(16)28-24(17)13-5-8-15(27)9-6-13/h1-11,17,21-24,28H,12H2,(H,30,31)/t17-,21-,22+,23-,24-/m1/s1. The summed E-state index contributed by atoms with van der Waals surface area (Å²) in [7, 11) is 0. The first-order valence-electron chi connectivity index (χ1n) is 10.8. The smallest absolute Gasteiger partial charge is 0.335 e. The van der Waals surface area contributed by atoms with E-state index >= 15 is 0 Å². The van der Waals surface area contributed by atoms with Crippen LogP contribution in [0.5, 0.6) is 0 Å². The molecule has 0 amide bonds. The molecule has 0 unspecified atom stereocenters. The van der Waals surface area contributed by atoms with Crippen molar-refractivity contribution in [2.45, 2.75) is 33.9 Å². The van der Waals surface area contributed by atoms with Crippen LogP contribution < -0.4 is 5.32 Å². The zero-order chi connectivity index (χ0) is 24.0. The molecule has 0 saturated heterocycles. The van der Waals surface area contributed by atoms with Gasteiger partial charge in [-0.15, -0.1) is 23.4 Å². The van der Waals surface area contributed by atoms with Crippen molar-refractivity contribution in [3.05, 3.63) is 99.4 Å². The Balaban J connectivity index is 1.55. The molecular weight excluding hydrogens is 479 g/mol. The molecule has 1 heterocycles. The summed E-state index contributed by atoms with van der Waals surface area (Å²) in [4.78, 5) is 23.3. The first kappa shape index (κ1) is 22.7. The number of benzene rings is 3. The highest BCUT2D eigenvalue weighted by molar-refractivity contribution is 8.00. The number of nitrogens with zero attached hydrogens (tertiary/aromatic N) is 1. The number of carbonyl (C=O) groups is 1. The van der Waals surface area contributed by atoms with Crippen molar-refractivity contribution in [2.24, 2.45) is 5.92 Å². The molecule has 34 heavy (non-hydrogen) atoms. The SMILES string of the molecule is O=C(O)c1ccc2c(c1)[C@@H]1[C@H](Cl)[C@H](Sc3ccccc3[N+](=O)[O-])C[C@H]1[C@@H](c1ccc(F)cc1)N2. The lowest BCUT2D eigenvalue weighted by molar-refractivity contribution is -0.387. The minimum Gasteiger partial charge on any atom is -0.478 e. The highest BCUT2D eigenvalue weighted by Crippen LogP contribution is 2.58. The van der Waals surface area contributed by atoms with Crippen LogP contribution in [0.3, 0.4) is 0 Å². The summed E-state index contributed by atoms with van der Waals surface area (Å²) in [5.74, 6) is -1.53. The normalized spacial score (nSPS) is 25.2. The number of rotatable bonds is 5. The molecule has 1 aliphatic heterocycles. The van der Waals surface area contributed by atoms with Gasteiger partial charge in [-0.1, -0.05) is 24.3 Å². The second kappa shape index (κ2) is 8.92. The van der Waals surface area contributed by atoms with Crippen molar-refractivity contribution in [3.8, 4) is 0 Å². The Labute approximate surface area is 204 Å². The van der Waals surface area contributed by atoms with Gasteiger partial charge in [0.25, 0.3) is 5.69 Å². The quantitative estimate of drug-likeness (QED) is 0.238. The molecule has 0 radical (unpaired) electrons. The van der Waals surface area contributed by atoms with E-state index in [9.17, 15) is 24.4 Å². The van der Waals surface area contributed by atoms with E-state index in [2.05, 4.69) is 5.32 Å². The molecule has 9 heteroatoms. The number of nitrogens with one attached hydrogen (secondary N) is 1. The van der Waals surface area contributed by atoms with Crippen LogP contribution in [0.2, 0.25) is 0 Å². The maximum absolute atomic E-state index is 13.6. The third-order valence-electron chi connectivity index (χ3n) is 6.63. The Morgan fingerprint density at radius 2 is 1.88 bits per heavy atom. The zero-order valence-electron chi connectivity index (χ0n) is 17.7. The lowest BCUT2D eigenvalue weighted by Gasteiger charge is -2.38. The van der Waals surface area contributed by atoms with Gasteiger partial charge in [-0.3, -0.25) is 10.1 Å². The Morgan fingerprint density at radius 1 is 1.15 bits per heavy atom. The van der Waals surface area contributed by atoms with Crippen molar-refractivity contribution in [3.63, 3.8) is 0 Å². The summed E-state index contributed by atoms with van der Waals surface area (Å²) in [6.07, 6.45) is 0.654. The highest BCUT2D eigenvalue weighted by Gasteiger charge is 2.50. The largest absolute Gasteiger partial charge is 0.478 e. The first-order chi connectivity index (χ1) is 16.3. The number of fused-ring (bicyclic) bond motifs is 3. The number of hydrogen-bond donors (Lipinski definition) is 2. The number of carboxylic acid groups (broad SMARTS) is 1. The van der Waals surface area contributed by atoms with E-state index in [1.807, 2.05) is 0 Å². The van der Waals surface area contributed by atoms with E-state index in [0.717, 1.165) is 16.8 Å². The average molecular weight is 499 g/mol. The summed E-state index contributed by atoms with van der Waals surface area (Å²) < 4.78 is 13.6. The zero-order valence-corrected chi connectivity index (χ0v) is 19.3. The molecule has 0 spiro atoms. The molecule has 5 atom stereocenters. The van der Waals surface area contributed by atoms with E-state index in [-0.39, 0.29) is 45.6 Å². The van der Waals surface area contributed by atoms with E-state index in [1.165, 1.54) is 30.0 Å². The number of thioether (sulfide) groups is 1. The van der Waals surface area contributed by atoms with E-state index in [0.29, 0.717) is 11.3 Å². The molecule has 0 aromatic heterocycles. The third-order valence-corrected chi connectivity index (χ3v) is 8.74. The maximum atomic E-state index is 13.6. The number of halogens is 2. The van der Waals surface area contributed by atoms with E-state index in [1.54, 1.807) is 48.5 Å². The summed E-state index contributed by atoms with van der Waals surface area (Å²) in [5, 5.41) is 24.0. The van der Waals surface area contributed by atoms with Gasteiger partial charge in [-0.05, 0) is 59.9 Å². The van der Waals surface area contributed by atoms with Gasteiger partial charge in [0, 0.05) is 22.9 Å². The molecule has 1 aliphatic carbocycles. The molecule has 3 aromatic carbocycles. The summed E-state index contributed by atoms with van der Waals surface area (Å²) in [5.41, 5.74) is 2.74. The Kier molecular flexibility index (Phi) is 5.95.